The average molecular weight is 267 g/mol. The maximum Gasteiger partial charge on any atom is 0.338 e. The second-order valence-corrected chi connectivity index (χ2v) is 3.53. The lowest BCUT2D eigenvalue weighted by Crippen LogP contribution is -2.20. The quantitative estimate of drug-likeness (QED) is 0.722. The zero-order chi connectivity index (χ0) is 14.4. The van der Waals surface area contributed by atoms with E-state index in [9.17, 15) is 14.4 Å². The van der Waals surface area contributed by atoms with E-state index in [2.05, 4.69) is 0 Å². The van der Waals surface area contributed by atoms with Gasteiger partial charge in [0.1, 0.15) is 5.75 Å². The summed E-state index contributed by atoms with van der Waals surface area (Å²) in [4.78, 5) is 33.1. The molecule has 7 nitrogen and oxygen atoms in total. The van der Waals surface area contributed by atoms with Gasteiger partial charge in [0, 0.05) is 0 Å². The van der Waals surface area contributed by atoms with Crippen molar-refractivity contribution in [2.45, 2.75) is 6.92 Å². The highest BCUT2D eigenvalue weighted by molar-refractivity contribution is 5.95. The summed E-state index contributed by atoms with van der Waals surface area (Å²) in [6.07, 6.45) is 0. The number of carboxylic acids is 1. The van der Waals surface area contributed by atoms with Gasteiger partial charge >= 0.3 is 11.9 Å². The first kappa shape index (κ1) is 14.5. The predicted octanol–water partition coefficient (Wildman–Crippen LogP) is 0.426. The van der Waals surface area contributed by atoms with Gasteiger partial charge in [-0.05, 0) is 25.1 Å². The minimum Gasteiger partial charge on any atom is -0.484 e. The van der Waals surface area contributed by atoms with Gasteiger partial charge in [0.15, 0.2) is 6.61 Å². The predicted molar refractivity (Wildman–Crippen MR) is 64.0 cm³/mol. The van der Waals surface area contributed by atoms with Crippen LogP contribution in [0.4, 0.5) is 0 Å². The number of benzene rings is 1. The molecule has 0 heterocycles. The van der Waals surface area contributed by atoms with E-state index < -0.39 is 24.5 Å². The smallest absolute Gasteiger partial charge is 0.338 e. The number of esters is 1. The maximum absolute atomic E-state index is 11.5. The summed E-state index contributed by atoms with van der Waals surface area (Å²) in [5.41, 5.74) is 4.79. The van der Waals surface area contributed by atoms with Crippen LogP contribution in [0.3, 0.4) is 0 Å². The molecule has 0 saturated carbocycles. The molecule has 0 unspecified atom stereocenters. The van der Waals surface area contributed by atoms with Crippen molar-refractivity contribution in [3.63, 3.8) is 0 Å². The second kappa shape index (κ2) is 6.39. The summed E-state index contributed by atoms with van der Waals surface area (Å²) >= 11 is 0. The Bertz CT molecular complexity index is 511. The lowest BCUT2D eigenvalue weighted by Gasteiger charge is -2.08. The summed E-state index contributed by atoms with van der Waals surface area (Å²) in [7, 11) is 0. The van der Waals surface area contributed by atoms with Crippen LogP contribution in [0.2, 0.25) is 0 Å². The molecule has 1 aromatic rings. The highest BCUT2D eigenvalue weighted by Crippen LogP contribution is 2.18. The molecule has 0 aliphatic rings. The first-order valence-electron chi connectivity index (χ1n) is 5.40. The zero-order valence-corrected chi connectivity index (χ0v) is 10.2. The van der Waals surface area contributed by atoms with Crippen molar-refractivity contribution in [2.75, 3.05) is 13.2 Å². The van der Waals surface area contributed by atoms with E-state index >= 15 is 0 Å². The fourth-order valence-electron chi connectivity index (χ4n) is 1.29. The van der Waals surface area contributed by atoms with E-state index in [0.717, 1.165) is 6.07 Å². The van der Waals surface area contributed by atoms with Crippen molar-refractivity contribution < 1.29 is 29.0 Å². The molecule has 0 atom stereocenters. The number of carbonyl (C=O) groups excluding carboxylic acids is 2. The van der Waals surface area contributed by atoms with Gasteiger partial charge in [0.2, 0.25) is 0 Å². The largest absolute Gasteiger partial charge is 0.484 e. The van der Waals surface area contributed by atoms with E-state index in [1.807, 2.05) is 0 Å². The molecule has 102 valence electrons. The van der Waals surface area contributed by atoms with Crippen LogP contribution in [-0.4, -0.2) is 36.2 Å². The highest BCUT2D eigenvalue weighted by Gasteiger charge is 2.14. The molecule has 19 heavy (non-hydrogen) atoms. The molecule has 7 heteroatoms. The summed E-state index contributed by atoms with van der Waals surface area (Å²) in [5.74, 6) is -2.55. The van der Waals surface area contributed by atoms with Gasteiger partial charge in [-0.3, -0.25) is 4.79 Å². The van der Waals surface area contributed by atoms with Crippen LogP contribution in [0.1, 0.15) is 27.6 Å². The van der Waals surface area contributed by atoms with Crippen molar-refractivity contribution in [2.24, 2.45) is 5.73 Å². The zero-order valence-electron chi connectivity index (χ0n) is 10.2. The Morgan fingerprint density at radius 3 is 2.37 bits per heavy atom. The van der Waals surface area contributed by atoms with Crippen LogP contribution in [-0.2, 0) is 9.53 Å². The Hall–Kier alpha value is -2.57. The molecule has 0 radical (unpaired) electrons. The van der Waals surface area contributed by atoms with E-state index in [1.54, 1.807) is 6.92 Å². The first-order chi connectivity index (χ1) is 8.93. The van der Waals surface area contributed by atoms with Gasteiger partial charge in [-0.15, -0.1) is 0 Å². The van der Waals surface area contributed by atoms with Gasteiger partial charge < -0.3 is 20.3 Å². The number of nitrogens with two attached hydrogens (primary N) is 1. The molecule has 0 aliphatic heterocycles. The van der Waals surface area contributed by atoms with E-state index in [4.69, 9.17) is 20.3 Å². The normalized spacial score (nSPS) is 9.74. The Labute approximate surface area is 108 Å². The minimum absolute atomic E-state index is 0.0289. The van der Waals surface area contributed by atoms with Gasteiger partial charge in [-0.25, -0.2) is 9.59 Å². The summed E-state index contributed by atoms with van der Waals surface area (Å²) in [6, 6.07) is 3.64. The third-order valence-electron chi connectivity index (χ3n) is 2.05. The maximum atomic E-state index is 11.5. The van der Waals surface area contributed by atoms with Crippen molar-refractivity contribution in [3.05, 3.63) is 29.3 Å². The Balaban J connectivity index is 3.06. The van der Waals surface area contributed by atoms with Crippen LogP contribution < -0.4 is 10.5 Å². The van der Waals surface area contributed by atoms with Crippen molar-refractivity contribution >= 4 is 17.8 Å². The van der Waals surface area contributed by atoms with Gasteiger partial charge in [0.05, 0.1) is 17.7 Å². The molecule has 1 amide bonds. The van der Waals surface area contributed by atoms with Gasteiger partial charge in [-0.2, -0.15) is 0 Å². The fraction of sp³-hybridized carbons (Fsp3) is 0.250. The number of aromatic carboxylic acids is 1. The topological polar surface area (TPSA) is 116 Å². The molecular formula is C12H13NO6. The lowest BCUT2D eigenvalue weighted by atomic mass is 10.1. The van der Waals surface area contributed by atoms with E-state index in [-0.39, 0.29) is 23.5 Å². The second-order valence-electron chi connectivity index (χ2n) is 3.53. The molecule has 3 N–H and O–H groups in total. The molecule has 1 rings (SSSR count). The van der Waals surface area contributed by atoms with E-state index in [0.29, 0.717) is 0 Å². The van der Waals surface area contributed by atoms with Gasteiger partial charge in [-0.1, -0.05) is 0 Å². The average Bonchev–Trinajstić information content (AvgIpc) is 2.36. The molecule has 0 saturated heterocycles. The lowest BCUT2D eigenvalue weighted by molar-refractivity contribution is -0.119. The number of primary amides is 1. The summed E-state index contributed by atoms with van der Waals surface area (Å²) in [6.45, 7) is 1.38. The van der Waals surface area contributed by atoms with Crippen LogP contribution in [0.25, 0.3) is 0 Å². The van der Waals surface area contributed by atoms with Crippen molar-refractivity contribution in [1.82, 2.24) is 0 Å². The minimum atomic E-state index is -1.23. The number of hydrogen-bond donors (Lipinski definition) is 2. The monoisotopic (exact) mass is 267 g/mol. The first-order valence-corrected chi connectivity index (χ1v) is 5.40. The number of carboxylic acid groups (broad SMARTS) is 1. The molecule has 0 aliphatic carbocycles. The van der Waals surface area contributed by atoms with Crippen LogP contribution >= 0.6 is 0 Å². The third kappa shape index (κ3) is 4.30. The molecule has 0 aromatic heterocycles. The number of amides is 1. The standard InChI is InChI=1S/C12H13NO6/c1-2-18-12(17)8-3-7(11(15)16)4-9(5-8)19-6-10(13)14/h3-5H,2,6H2,1H3,(H2,13,14)(H,15,16). The Morgan fingerprint density at radius 1 is 1.21 bits per heavy atom. The molecule has 0 fully saturated rings. The van der Waals surface area contributed by atoms with E-state index in [1.165, 1.54) is 12.1 Å². The third-order valence-corrected chi connectivity index (χ3v) is 2.05. The van der Waals surface area contributed by atoms with Crippen molar-refractivity contribution in [1.29, 1.82) is 0 Å². The molecule has 0 spiro atoms. The van der Waals surface area contributed by atoms with Crippen LogP contribution in [0.5, 0.6) is 5.75 Å². The fourth-order valence-corrected chi connectivity index (χ4v) is 1.29. The van der Waals surface area contributed by atoms with Crippen LogP contribution in [0.15, 0.2) is 18.2 Å². The molecule has 0 bridgehead atoms. The number of ether oxygens (including phenoxy) is 2. The number of hydrogen-bond acceptors (Lipinski definition) is 5. The molecular weight excluding hydrogens is 254 g/mol. The SMILES string of the molecule is CCOC(=O)c1cc(OCC(N)=O)cc(C(=O)O)c1. The Kier molecular flexibility index (Phi) is 4.87. The number of carbonyl (C=O) groups is 3. The van der Waals surface area contributed by atoms with Gasteiger partial charge in [0.25, 0.3) is 5.91 Å². The Morgan fingerprint density at radius 2 is 1.84 bits per heavy atom. The summed E-state index contributed by atoms with van der Waals surface area (Å²) in [5, 5.41) is 8.92. The molecule has 1 aromatic carbocycles. The summed E-state index contributed by atoms with van der Waals surface area (Å²) < 4.78 is 9.75. The highest BCUT2D eigenvalue weighted by atomic mass is 16.5. The number of rotatable bonds is 6. The van der Waals surface area contributed by atoms with Crippen molar-refractivity contribution in [3.8, 4) is 5.75 Å². The van der Waals surface area contributed by atoms with Crippen LogP contribution in [0, 0.1) is 0 Å².